The molecule has 1 saturated heterocycles. The molecule has 2 aliphatic rings. The van der Waals surface area contributed by atoms with Gasteiger partial charge in [0.25, 0.3) is 5.91 Å². The number of amidine groups is 1. The summed E-state index contributed by atoms with van der Waals surface area (Å²) in [6, 6.07) is 7.96. The van der Waals surface area contributed by atoms with Crippen LogP contribution in [0.15, 0.2) is 39.4 Å². The van der Waals surface area contributed by atoms with Gasteiger partial charge in [-0.3, -0.25) is 4.79 Å². The van der Waals surface area contributed by atoms with E-state index in [0.29, 0.717) is 0 Å². The van der Waals surface area contributed by atoms with Crippen LogP contribution in [0.3, 0.4) is 0 Å². The zero-order valence-corrected chi connectivity index (χ0v) is 12.2. The molecule has 1 amide bonds. The van der Waals surface area contributed by atoms with Crippen LogP contribution in [-0.4, -0.2) is 23.2 Å². The van der Waals surface area contributed by atoms with Gasteiger partial charge >= 0.3 is 0 Å². The summed E-state index contributed by atoms with van der Waals surface area (Å²) in [5, 5.41) is 0. The minimum atomic E-state index is -0.0974. The number of amides is 1. The number of hydrogen-bond donors (Lipinski definition) is 0. The van der Waals surface area contributed by atoms with Crippen molar-refractivity contribution >= 4 is 33.7 Å². The van der Waals surface area contributed by atoms with Crippen LogP contribution in [0.4, 0.5) is 0 Å². The Morgan fingerprint density at radius 2 is 1.95 bits per heavy atom. The van der Waals surface area contributed by atoms with Gasteiger partial charge in [-0.25, -0.2) is 0 Å². The zero-order chi connectivity index (χ0) is 13.2. The topological polar surface area (TPSA) is 32.7 Å². The van der Waals surface area contributed by atoms with Crippen LogP contribution < -0.4 is 0 Å². The first-order chi connectivity index (χ1) is 9.24. The lowest BCUT2D eigenvalue weighted by Crippen LogP contribution is -2.26. The predicted molar refractivity (Wildman–Crippen MR) is 79.7 cm³/mol. The quantitative estimate of drug-likeness (QED) is 0.741. The monoisotopic (exact) mass is 318 g/mol. The molecule has 0 aromatic heterocycles. The molecular weight excluding hydrogens is 304 g/mol. The zero-order valence-electron chi connectivity index (χ0n) is 10.6. The normalized spacial score (nSPS) is 21.3. The average Bonchev–Trinajstić information content (AvgIpc) is 2.58. The summed E-state index contributed by atoms with van der Waals surface area (Å²) in [4.78, 5) is 18.3. The maximum Gasteiger partial charge on any atom is 0.295 e. The van der Waals surface area contributed by atoms with Gasteiger partial charge in [0.2, 0.25) is 0 Å². The minimum absolute atomic E-state index is 0.0974. The Hall–Kier alpha value is -1.42. The molecule has 3 nitrogen and oxygen atoms in total. The molecule has 1 aromatic rings. The van der Waals surface area contributed by atoms with E-state index in [1.165, 1.54) is 6.42 Å². The molecule has 4 heteroatoms. The van der Waals surface area contributed by atoms with Gasteiger partial charge in [0, 0.05) is 17.4 Å². The van der Waals surface area contributed by atoms with E-state index in [1.807, 2.05) is 30.3 Å². The van der Waals surface area contributed by atoms with Crippen molar-refractivity contribution in [3.05, 3.63) is 40.0 Å². The second-order valence-electron chi connectivity index (χ2n) is 4.88. The molecule has 0 bridgehead atoms. The number of carbonyl (C=O) groups is 1. The van der Waals surface area contributed by atoms with Crippen LogP contribution in [0.5, 0.6) is 0 Å². The van der Waals surface area contributed by atoms with E-state index in [0.717, 1.165) is 47.4 Å². The molecule has 98 valence electrons. The summed E-state index contributed by atoms with van der Waals surface area (Å²) in [5.74, 6) is 0.852. The fourth-order valence-corrected chi connectivity index (χ4v) is 2.78. The lowest BCUT2D eigenvalue weighted by atomic mass is 10.2. The molecule has 0 spiro atoms. The average molecular weight is 319 g/mol. The first-order valence-corrected chi connectivity index (χ1v) is 7.40. The molecule has 2 heterocycles. The molecule has 0 N–H and O–H groups in total. The molecule has 0 unspecified atom stereocenters. The van der Waals surface area contributed by atoms with Crippen molar-refractivity contribution in [1.82, 2.24) is 4.90 Å². The van der Waals surface area contributed by atoms with Crippen molar-refractivity contribution in [2.75, 3.05) is 6.54 Å². The van der Waals surface area contributed by atoms with Gasteiger partial charge in [0.1, 0.15) is 11.5 Å². The Morgan fingerprint density at radius 1 is 1.16 bits per heavy atom. The summed E-state index contributed by atoms with van der Waals surface area (Å²) in [5.41, 5.74) is 1.76. The van der Waals surface area contributed by atoms with Gasteiger partial charge in [-0.2, -0.15) is 4.99 Å². The maximum absolute atomic E-state index is 12.0. The number of fused-ring (bicyclic) bond motifs is 1. The number of halogens is 1. The molecule has 0 saturated carbocycles. The van der Waals surface area contributed by atoms with E-state index in [9.17, 15) is 4.79 Å². The Morgan fingerprint density at radius 3 is 2.74 bits per heavy atom. The van der Waals surface area contributed by atoms with Crippen LogP contribution in [0, 0.1) is 0 Å². The van der Waals surface area contributed by atoms with Crippen LogP contribution in [0.1, 0.15) is 31.2 Å². The van der Waals surface area contributed by atoms with Crippen LogP contribution >= 0.6 is 15.9 Å². The Balaban J connectivity index is 1.91. The third-order valence-electron chi connectivity index (χ3n) is 3.51. The highest BCUT2D eigenvalue weighted by Crippen LogP contribution is 2.25. The maximum atomic E-state index is 12.0. The number of aliphatic imine (C=N–C) groups is 1. The SMILES string of the molecule is O=C1N=C2CCCCCN2/C1=C\c1ccc(Br)cc1. The molecule has 2 aliphatic heterocycles. The molecule has 1 aromatic carbocycles. The number of carbonyl (C=O) groups excluding carboxylic acids is 1. The Kier molecular flexibility index (Phi) is 3.51. The van der Waals surface area contributed by atoms with Crippen molar-refractivity contribution in [3.63, 3.8) is 0 Å². The van der Waals surface area contributed by atoms with Gasteiger partial charge < -0.3 is 4.90 Å². The van der Waals surface area contributed by atoms with Crippen LogP contribution in [0.2, 0.25) is 0 Å². The summed E-state index contributed by atoms with van der Waals surface area (Å²) in [6.45, 7) is 0.910. The lowest BCUT2D eigenvalue weighted by molar-refractivity contribution is -0.114. The van der Waals surface area contributed by atoms with E-state index >= 15 is 0 Å². The predicted octanol–water partition coefficient (Wildman–Crippen LogP) is 3.60. The van der Waals surface area contributed by atoms with Crippen molar-refractivity contribution < 1.29 is 4.79 Å². The highest BCUT2D eigenvalue weighted by molar-refractivity contribution is 9.10. The number of nitrogens with zero attached hydrogens (tertiary/aromatic N) is 2. The van der Waals surface area contributed by atoms with Gasteiger partial charge in [-0.1, -0.05) is 34.5 Å². The second-order valence-corrected chi connectivity index (χ2v) is 5.79. The van der Waals surface area contributed by atoms with E-state index in [1.54, 1.807) is 0 Å². The largest absolute Gasteiger partial charge is 0.325 e. The minimum Gasteiger partial charge on any atom is -0.325 e. The van der Waals surface area contributed by atoms with E-state index < -0.39 is 0 Å². The van der Waals surface area contributed by atoms with Crippen molar-refractivity contribution in [3.8, 4) is 0 Å². The molecule has 1 fully saturated rings. The number of hydrogen-bond acceptors (Lipinski definition) is 2. The highest BCUT2D eigenvalue weighted by atomic mass is 79.9. The van der Waals surface area contributed by atoms with Gasteiger partial charge in [-0.15, -0.1) is 0 Å². The molecular formula is C15H15BrN2O. The molecule has 0 aliphatic carbocycles. The fourth-order valence-electron chi connectivity index (χ4n) is 2.52. The van der Waals surface area contributed by atoms with E-state index in [4.69, 9.17) is 0 Å². The smallest absolute Gasteiger partial charge is 0.295 e. The first-order valence-electron chi connectivity index (χ1n) is 6.61. The number of benzene rings is 1. The molecule has 0 radical (unpaired) electrons. The van der Waals surface area contributed by atoms with Crippen molar-refractivity contribution in [2.24, 2.45) is 4.99 Å². The summed E-state index contributed by atoms with van der Waals surface area (Å²) in [7, 11) is 0. The Labute approximate surface area is 121 Å². The van der Waals surface area contributed by atoms with E-state index in [-0.39, 0.29) is 5.91 Å². The summed E-state index contributed by atoms with van der Waals surface area (Å²) in [6.07, 6.45) is 6.34. The van der Waals surface area contributed by atoms with Crippen molar-refractivity contribution in [2.45, 2.75) is 25.7 Å². The second kappa shape index (κ2) is 5.29. The van der Waals surface area contributed by atoms with Gasteiger partial charge in [-0.05, 0) is 36.6 Å². The third-order valence-corrected chi connectivity index (χ3v) is 4.04. The highest BCUT2D eigenvalue weighted by Gasteiger charge is 2.29. The van der Waals surface area contributed by atoms with Gasteiger partial charge in [0.15, 0.2) is 0 Å². The molecule has 0 atom stereocenters. The number of rotatable bonds is 1. The fraction of sp³-hybridized carbons (Fsp3) is 0.333. The van der Waals surface area contributed by atoms with E-state index in [2.05, 4.69) is 25.8 Å². The summed E-state index contributed by atoms with van der Waals surface area (Å²) >= 11 is 3.42. The third kappa shape index (κ3) is 2.63. The van der Waals surface area contributed by atoms with Crippen LogP contribution in [0.25, 0.3) is 6.08 Å². The Bertz CT molecular complexity index is 560. The first kappa shape index (κ1) is 12.6. The van der Waals surface area contributed by atoms with Crippen LogP contribution in [-0.2, 0) is 4.79 Å². The van der Waals surface area contributed by atoms with Gasteiger partial charge in [0.05, 0.1) is 0 Å². The molecule has 19 heavy (non-hydrogen) atoms. The van der Waals surface area contributed by atoms with Crippen molar-refractivity contribution in [1.29, 1.82) is 0 Å². The standard InChI is InChI=1S/C15H15BrN2O/c16-12-7-5-11(6-8-12)10-13-15(19)17-14-4-2-1-3-9-18(13)14/h5-8,10H,1-4,9H2/b13-10-. The lowest BCUT2D eigenvalue weighted by Gasteiger charge is -2.18. The molecule has 3 rings (SSSR count). The summed E-state index contributed by atoms with van der Waals surface area (Å²) < 4.78 is 1.04.